The molecule has 1 aromatic rings. The summed E-state index contributed by atoms with van der Waals surface area (Å²) in [5, 5.41) is 5.35. The number of amides is 3. The summed E-state index contributed by atoms with van der Waals surface area (Å²) in [6.07, 6.45) is 0.278. The third-order valence-electron chi connectivity index (χ3n) is 2.79. The number of rotatable bonds is 5. The number of nitrogens with two attached hydrogens (primary N) is 1. The molecule has 0 fully saturated rings. The average Bonchev–Trinajstić information content (AvgIpc) is 2.38. The van der Waals surface area contributed by atoms with E-state index in [1.165, 1.54) is 4.90 Å². The zero-order valence-electron chi connectivity index (χ0n) is 12.1. The Morgan fingerprint density at radius 3 is 2.65 bits per heavy atom. The summed E-state index contributed by atoms with van der Waals surface area (Å²) >= 11 is 0. The van der Waals surface area contributed by atoms with Crippen molar-refractivity contribution in [1.82, 2.24) is 10.2 Å². The highest BCUT2D eigenvalue weighted by Crippen LogP contribution is 2.15. The molecule has 0 saturated heterocycles. The fourth-order valence-electron chi connectivity index (χ4n) is 1.58. The van der Waals surface area contributed by atoms with Crippen molar-refractivity contribution in [2.45, 2.75) is 19.4 Å². The van der Waals surface area contributed by atoms with E-state index in [9.17, 15) is 9.59 Å². The van der Waals surface area contributed by atoms with Crippen molar-refractivity contribution in [2.75, 3.05) is 26.0 Å². The first-order chi connectivity index (χ1) is 9.40. The van der Waals surface area contributed by atoms with Gasteiger partial charge in [0.15, 0.2) is 0 Å². The monoisotopic (exact) mass is 278 g/mol. The fourth-order valence-corrected chi connectivity index (χ4v) is 1.58. The van der Waals surface area contributed by atoms with Gasteiger partial charge in [0.05, 0.1) is 0 Å². The zero-order chi connectivity index (χ0) is 15.1. The molecule has 0 aromatic heterocycles. The summed E-state index contributed by atoms with van der Waals surface area (Å²) in [5.41, 5.74) is 7.41. The standard InChI is InChI=1S/C14H22N4O2/c1-10(15)11-5-4-6-12(9-11)17-14(20)16-8-7-13(19)18(2)3/h4-6,9-10H,7-8,15H2,1-3H3,(H2,16,17,20). The van der Waals surface area contributed by atoms with Gasteiger partial charge in [-0.3, -0.25) is 4.79 Å². The van der Waals surface area contributed by atoms with Gasteiger partial charge in [-0.05, 0) is 24.6 Å². The van der Waals surface area contributed by atoms with Crippen LogP contribution in [0.15, 0.2) is 24.3 Å². The van der Waals surface area contributed by atoms with Gasteiger partial charge in [-0.2, -0.15) is 0 Å². The van der Waals surface area contributed by atoms with Gasteiger partial charge in [0.2, 0.25) is 5.91 Å². The molecule has 0 saturated carbocycles. The Bertz CT molecular complexity index is 472. The molecule has 3 amide bonds. The van der Waals surface area contributed by atoms with Crippen molar-refractivity contribution in [3.8, 4) is 0 Å². The SMILES string of the molecule is CC(N)c1cccc(NC(=O)NCCC(=O)N(C)C)c1. The van der Waals surface area contributed by atoms with Crippen LogP contribution in [0.2, 0.25) is 0 Å². The lowest BCUT2D eigenvalue weighted by Crippen LogP contribution is -2.33. The van der Waals surface area contributed by atoms with E-state index < -0.39 is 0 Å². The van der Waals surface area contributed by atoms with Gasteiger partial charge in [0.1, 0.15) is 0 Å². The summed E-state index contributed by atoms with van der Waals surface area (Å²) in [5.74, 6) is -0.0238. The van der Waals surface area contributed by atoms with Crippen molar-refractivity contribution >= 4 is 17.6 Å². The molecule has 20 heavy (non-hydrogen) atoms. The normalized spacial score (nSPS) is 11.6. The summed E-state index contributed by atoms with van der Waals surface area (Å²) < 4.78 is 0. The number of hydrogen-bond donors (Lipinski definition) is 3. The molecule has 1 atom stereocenters. The second-order valence-corrected chi connectivity index (χ2v) is 4.83. The number of anilines is 1. The molecule has 1 aromatic carbocycles. The summed E-state index contributed by atoms with van der Waals surface area (Å²) in [7, 11) is 3.36. The highest BCUT2D eigenvalue weighted by atomic mass is 16.2. The number of carbonyl (C=O) groups is 2. The molecule has 0 heterocycles. The molecule has 110 valence electrons. The molecular weight excluding hydrogens is 256 g/mol. The molecule has 0 aliphatic carbocycles. The first-order valence-corrected chi connectivity index (χ1v) is 6.50. The molecule has 0 bridgehead atoms. The van der Waals surface area contributed by atoms with Crippen molar-refractivity contribution in [2.24, 2.45) is 5.73 Å². The maximum Gasteiger partial charge on any atom is 0.319 e. The van der Waals surface area contributed by atoms with Crippen LogP contribution in [-0.4, -0.2) is 37.5 Å². The molecule has 0 aliphatic rings. The van der Waals surface area contributed by atoms with E-state index in [0.29, 0.717) is 12.2 Å². The maximum atomic E-state index is 11.7. The second kappa shape index (κ2) is 7.49. The Labute approximate surface area is 119 Å². The fraction of sp³-hybridized carbons (Fsp3) is 0.429. The lowest BCUT2D eigenvalue weighted by Gasteiger charge is -2.12. The van der Waals surface area contributed by atoms with Gasteiger partial charge >= 0.3 is 6.03 Å². The lowest BCUT2D eigenvalue weighted by atomic mass is 10.1. The van der Waals surface area contributed by atoms with Crippen LogP contribution >= 0.6 is 0 Å². The van der Waals surface area contributed by atoms with Crippen LogP contribution in [0.25, 0.3) is 0 Å². The van der Waals surface area contributed by atoms with Gasteiger partial charge in [-0.1, -0.05) is 12.1 Å². The lowest BCUT2D eigenvalue weighted by molar-refractivity contribution is -0.128. The van der Waals surface area contributed by atoms with E-state index in [4.69, 9.17) is 5.73 Å². The van der Waals surface area contributed by atoms with Crippen molar-refractivity contribution in [3.63, 3.8) is 0 Å². The van der Waals surface area contributed by atoms with Gasteiger partial charge in [-0.25, -0.2) is 4.79 Å². The molecule has 0 spiro atoms. The Balaban J connectivity index is 2.43. The number of nitrogens with one attached hydrogen (secondary N) is 2. The van der Waals surface area contributed by atoms with E-state index in [0.717, 1.165) is 5.56 Å². The number of nitrogens with zero attached hydrogens (tertiary/aromatic N) is 1. The van der Waals surface area contributed by atoms with Crippen LogP contribution in [0, 0.1) is 0 Å². The third kappa shape index (κ3) is 5.27. The Morgan fingerprint density at radius 2 is 2.05 bits per heavy atom. The van der Waals surface area contributed by atoms with E-state index in [1.54, 1.807) is 20.2 Å². The predicted molar refractivity (Wildman–Crippen MR) is 79.4 cm³/mol. The Kier molecular flexibility index (Phi) is 5.99. The van der Waals surface area contributed by atoms with E-state index in [2.05, 4.69) is 10.6 Å². The van der Waals surface area contributed by atoms with Crippen LogP contribution < -0.4 is 16.4 Å². The van der Waals surface area contributed by atoms with Crippen LogP contribution in [0.5, 0.6) is 0 Å². The second-order valence-electron chi connectivity index (χ2n) is 4.83. The quantitative estimate of drug-likeness (QED) is 0.758. The van der Waals surface area contributed by atoms with Gasteiger partial charge in [-0.15, -0.1) is 0 Å². The predicted octanol–water partition coefficient (Wildman–Crippen LogP) is 1.31. The minimum Gasteiger partial charge on any atom is -0.349 e. The van der Waals surface area contributed by atoms with Crippen LogP contribution in [-0.2, 0) is 4.79 Å². The average molecular weight is 278 g/mol. The minimum absolute atomic E-state index is 0.0238. The topological polar surface area (TPSA) is 87.5 Å². The van der Waals surface area contributed by atoms with Gasteiger partial charge < -0.3 is 21.3 Å². The molecule has 0 radical (unpaired) electrons. The first kappa shape index (κ1) is 16.0. The van der Waals surface area contributed by atoms with Crippen molar-refractivity contribution < 1.29 is 9.59 Å². The summed E-state index contributed by atoms with van der Waals surface area (Å²) in [4.78, 5) is 24.5. The summed E-state index contributed by atoms with van der Waals surface area (Å²) in [6, 6.07) is 6.94. The van der Waals surface area contributed by atoms with Crippen LogP contribution in [0.1, 0.15) is 24.9 Å². The number of hydrogen-bond acceptors (Lipinski definition) is 3. The zero-order valence-corrected chi connectivity index (χ0v) is 12.1. The number of carbonyl (C=O) groups excluding carboxylic acids is 2. The maximum absolute atomic E-state index is 11.7. The number of benzene rings is 1. The van der Waals surface area contributed by atoms with E-state index in [-0.39, 0.29) is 24.4 Å². The van der Waals surface area contributed by atoms with E-state index >= 15 is 0 Å². The first-order valence-electron chi connectivity index (χ1n) is 6.50. The Morgan fingerprint density at radius 1 is 1.35 bits per heavy atom. The molecule has 6 nitrogen and oxygen atoms in total. The van der Waals surface area contributed by atoms with Crippen LogP contribution in [0.3, 0.4) is 0 Å². The Hall–Kier alpha value is -2.08. The molecule has 1 unspecified atom stereocenters. The van der Waals surface area contributed by atoms with E-state index in [1.807, 2.05) is 25.1 Å². The van der Waals surface area contributed by atoms with Crippen molar-refractivity contribution in [1.29, 1.82) is 0 Å². The molecule has 6 heteroatoms. The largest absolute Gasteiger partial charge is 0.349 e. The van der Waals surface area contributed by atoms with Gasteiger partial charge in [0.25, 0.3) is 0 Å². The molecule has 0 aliphatic heterocycles. The highest BCUT2D eigenvalue weighted by molar-refractivity contribution is 5.89. The summed E-state index contributed by atoms with van der Waals surface area (Å²) in [6.45, 7) is 2.18. The molecule has 1 rings (SSSR count). The molecule has 4 N–H and O–H groups in total. The highest BCUT2D eigenvalue weighted by Gasteiger charge is 2.06. The van der Waals surface area contributed by atoms with Crippen LogP contribution in [0.4, 0.5) is 10.5 Å². The minimum atomic E-state index is -0.335. The van der Waals surface area contributed by atoms with Crippen molar-refractivity contribution in [3.05, 3.63) is 29.8 Å². The number of urea groups is 1. The smallest absolute Gasteiger partial charge is 0.319 e. The third-order valence-corrected chi connectivity index (χ3v) is 2.79. The molecular formula is C14H22N4O2. The van der Waals surface area contributed by atoms with Gasteiger partial charge in [0, 0.05) is 38.8 Å².